The Labute approximate surface area is 185 Å². The molecule has 0 saturated heterocycles. The lowest BCUT2D eigenvalue weighted by Gasteiger charge is -2.17. The molecule has 0 unspecified atom stereocenters. The number of hydrogen-bond donors (Lipinski definition) is 2. The number of aromatic nitrogens is 6. The van der Waals surface area contributed by atoms with E-state index in [0.29, 0.717) is 35.4 Å². The molecule has 0 fully saturated rings. The minimum Gasteiger partial charge on any atom is -0.350 e. The van der Waals surface area contributed by atoms with Crippen LogP contribution >= 0.6 is 0 Å². The molecule has 1 aromatic carbocycles. The quantitative estimate of drug-likeness (QED) is 0.457. The van der Waals surface area contributed by atoms with Gasteiger partial charge in [-0.2, -0.15) is 15.1 Å². The summed E-state index contributed by atoms with van der Waals surface area (Å²) in [6, 6.07) is 11.7. The van der Waals surface area contributed by atoms with Crippen molar-refractivity contribution in [2.24, 2.45) is 5.41 Å². The topological polar surface area (TPSA) is 103 Å². The number of benzene rings is 1. The normalized spacial score (nSPS) is 11.3. The summed E-state index contributed by atoms with van der Waals surface area (Å²) in [6.45, 7) is 6.26. The van der Waals surface area contributed by atoms with Crippen molar-refractivity contribution < 1.29 is 4.79 Å². The predicted molar refractivity (Wildman–Crippen MR) is 123 cm³/mol. The van der Waals surface area contributed by atoms with Crippen molar-refractivity contribution >= 4 is 28.8 Å². The van der Waals surface area contributed by atoms with Crippen LogP contribution in [0.4, 0.5) is 11.8 Å². The zero-order valence-electron chi connectivity index (χ0n) is 18.2. The van der Waals surface area contributed by atoms with Crippen molar-refractivity contribution in [2.75, 3.05) is 10.6 Å². The third-order valence-electron chi connectivity index (χ3n) is 4.74. The first-order valence-corrected chi connectivity index (χ1v) is 10.2. The molecule has 0 radical (unpaired) electrons. The summed E-state index contributed by atoms with van der Waals surface area (Å²) < 4.78 is 3.37. The summed E-state index contributed by atoms with van der Waals surface area (Å²) in [5, 5.41) is 10.4. The highest BCUT2D eigenvalue weighted by molar-refractivity contribution is 6.00. The van der Waals surface area contributed by atoms with Gasteiger partial charge in [-0.05, 0) is 11.6 Å². The molecule has 3 heterocycles. The van der Waals surface area contributed by atoms with Crippen LogP contribution < -0.4 is 10.6 Å². The van der Waals surface area contributed by atoms with Gasteiger partial charge in [0.1, 0.15) is 0 Å². The Bertz CT molecular complexity index is 1280. The maximum absolute atomic E-state index is 12.7. The van der Waals surface area contributed by atoms with Gasteiger partial charge in [0.25, 0.3) is 0 Å². The highest BCUT2D eigenvalue weighted by Gasteiger charge is 2.25. The zero-order chi connectivity index (χ0) is 22.7. The van der Waals surface area contributed by atoms with Crippen LogP contribution in [0.2, 0.25) is 0 Å². The van der Waals surface area contributed by atoms with Crippen LogP contribution in [0.15, 0.2) is 48.8 Å². The van der Waals surface area contributed by atoms with Gasteiger partial charge in [-0.25, -0.2) is 9.67 Å². The molecular weight excluding hydrogens is 404 g/mol. The maximum atomic E-state index is 12.7. The first-order chi connectivity index (χ1) is 15.4. The Hall–Kier alpha value is -4.19. The number of fused-ring (bicyclic) bond motifs is 1. The number of nitrogens with zero attached hydrogens (tertiary/aromatic N) is 6. The lowest BCUT2D eigenvalue weighted by Crippen LogP contribution is -2.28. The van der Waals surface area contributed by atoms with Crippen LogP contribution in [0.1, 0.15) is 26.3 Å². The molecule has 4 aromatic rings. The number of hydrogen-bond acceptors (Lipinski definition) is 6. The number of carbonyl (C=O) groups is 1. The van der Waals surface area contributed by atoms with Crippen LogP contribution in [0.5, 0.6) is 0 Å². The van der Waals surface area contributed by atoms with Gasteiger partial charge in [0.05, 0.1) is 6.54 Å². The van der Waals surface area contributed by atoms with Gasteiger partial charge in [-0.1, -0.05) is 57.0 Å². The van der Waals surface area contributed by atoms with E-state index >= 15 is 0 Å². The molecular formula is C23H24N8O. The first kappa shape index (κ1) is 21.1. The molecule has 9 heteroatoms. The van der Waals surface area contributed by atoms with E-state index in [0.717, 1.165) is 5.56 Å². The molecule has 0 aliphatic heterocycles. The van der Waals surface area contributed by atoms with E-state index in [4.69, 9.17) is 6.42 Å². The average Bonchev–Trinajstić information content (AvgIpc) is 3.41. The van der Waals surface area contributed by atoms with Gasteiger partial charge >= 0.3 is 0 Å². The lowest BCUT2D eigenvalue weighted by molar-refractivity contribution is -0.123. The predicted octanol–water partition coefficient (Wildman–Crippen LogP) is 3.24. The number of imidazole rings is 1. The first-order valence-electron chi connectivity index (χ1n) is 10.2. The Morgan fingerprint density at radius 3 is 2.56 bits per heavy atom. The molecule has 0 bridgehead atoms. The highest BCUT2D eigenvalue weighted by Crippen LogP contribution is 2.26. The minimum absolute atomic E-state index is 0.182. The molecule has 0 saturated carbocycles. The van der Waals surface area contributed by atoms with Crippen LogP contribution in [0.3, 0.4) is 0 Å². The molecule has 0 aliphatic carbocycles. The molecule has 0 spiro atoms. The number of carbonyl (C=O) groups excluding carboxylic acids is 1. The van der Waals surface area contributed by atoms with Crippen LogP contribution in [0.25, 0.3) is 17.1 Å². The standard InChI is InChI=1S/C23H24N8O/c1-5-13-30-19-17(26-22(30)31-14-9-12-25-31)18(27-20(32)23(2,3)4)28-21(29-19)24-15-16-10-7-6-8-11-16/h1,6-12,14H,13,15H2,2-4H3,(H2,24,27,28,29,32). The third kappa shape index (κ3) is 4.30. The molecule has 32 heavy (non-hydrogen) atoms. The summed E-state index contributed by atoms with van der Waals surface area (Å²) in [7, 11) is 0. The second kappa shape index (κ2) is 8.51. The summed E-state index contributed by atoms with van der Waals surface area (Å²) in [5.74, 6) is 3.62. The molecule has 3 aromatic heterocycles. The highest BCUT2D eigenvalue weighted by atomic mass is 16.2. The maximum Gasteiger partial charge on any atom is 0.233 e. The largest absolute Gasteiger partial charge is 0.350 e. The van der Waals surface area contributed by atoms with Gasteiger partial charge in [-0.15, -0.1) is 6.42 Å². The van der Waals surface area contributed by atoms with Gasteiger partial charge in [0.2, 0.25) is 17.8 Å². The monoisotopic (exact) mass is 428 g/mol. The fraction of sp³-hybridized carbons (Fsp3) is 0.261. The molecule has 0 atom stereocenters. The number of terminal acetylenes is 1. The van der Waals surface area contributed by atoms with E-state index in [1.165, 1.54) is 0 Å². The smallest absolute Gasteiger partial charge is 0.233 e. The van der Waals surface area contributed by atoms with E-state index in [1.54, 1.807) is 27.7 Å². The van der Waals surface area contributed by atoms with E-state index in [1.807, 2.05) is 51.1 Å². The molecule has 0 aliphatic rings. The minimum atomic E-state index is -0.610. The summed E-state index contributed by atoms with van der Waals surface area (Å²) in [4.78, 5) is 26.6. The summed E-state index contributed by atoms with van der Waals surface area (Å²) in [6.07, 6.45) is 9.05. The van der Waals surface area contributed by atoms with Gasteiger partial charge in [-0.3, -0.25) is 9.36 Å². The van der Waals surface area contributed by atoms with Gasteiger partial charge < -0.3 is 10.6 Å². The van der Waals surface area contributed by atoms with Crippen molar-refractivity contribution in [1.82, 2.24) is 29.3 Å². The Balaban J connectivity index is 1.83. The Morgan fingerprint density at radius 2 is 1.91 bits per heavy atom. The van der Waals surface area contributed by atoms with Crippen molar-refractivity contribution in [3.8, 4) is 18.3 Å². The molecule has 162 valence electrons. The van der Waals surface area contributed by atoms with Crippen molar-refractivity contribution in [1.29, 1.82) is 0 Å². The molecule has 4 rings (SSSR count). The van der Waals surface area contributed by atoms with Crippen LogP contribution in [-0.2, 0) is 17.9 Å². The second-order valence-electron chi connectivity index (χ2n) is 8.26. The van der Waals surface area contributed by atoms with E-state index in [2.05, 4.69) is 36.6 Å². The van der Waals surface area contributed by atoms with Gasteiger partial charge in [0, 0.05) is 24.4 Å². The number of anilines is 2. The summed E-state index contributed by atoms with van der Waals surface area (Å²) in [5.41, 5.74) is 1.41. The van der Waals surface area contributed by atoms with Crippen molar-refractivity contribution in [2.45, 2.75) is 33.9 Å². The number of rotatable bonds is 6. The molecule has 9 nitrogen and oxygen atoms in total. The Morgan fingerprint density at radius 1 is 1.12 bits per heavy atom. The molecule has 2 N–H and O–H groups in total. The number of amides is 1. The average molecular weight is 429 g/mol. The fourth-order valence-electron chi connectivity index (χ4n) is 3.03. The SMILES string of the molecule is C#CCn1c(-n2cccn2)nc2c(NC(=O)C(C)(C)C)nc(NCc3ccccc3)nc21. The second-order valence-corrected chi connectivity index (χ2v) is 8.26. The fourth-order valence-corrected chi connectivity index (χ4v) is 3.03. The zero-order valence-corrected chi connectivity index (χ0v) is 18.2. The Kier molecular flexibility index (Phi) is 5.60. The van der Waals surface area contributed by atoms with Crippen LogP contribution in [-0.4, -0.2) is 35.2 Å². The summed E-state index contributed by atoms with van der Waals surface area (Å²) >= 11 is 0. The van der Waals surface area contributed by atoms with Crippen molar-refractivity contribution in [3.63, 3.8) is 0 Å². The lowest BCUT2D eigenvalue weighted by atomic mass is 9.96. The van der Waals surface area contributed by atoms with E-state index in [-0.39, 0.29) is 12.5 Å². The number of nitrogens with one attached hydrogen (secondary N) is 2. The van der Waals surface area contributed by atoms with E-state index in [9.17, 15) is 4.79 Å². The van der Waals surface area contributed by atoms with Gasteiger partial charge in [0.15, 0.2) is 17.0 Å². The molecule has 1 amide bonds. The van der Waals surface area contributed by atoms with Crippen LogP contribution in [0, 0.1) is 17.8 Å². The van der Waals surface area contributed by atoms with Crippen molar-refractivity contribution in [3.05, 3.63) is 54.4 Å². The van der Waals surface area contributed by atoms with E-state index < -0.39 is 5.41 Å². The third-order valence-corrected chi connectivity index (χ3v) is 4.74.